The molecule has 0 saturated carbocycles. The molecule has 0 aromatic heterocycles. The number of nitrogens with two attached hydrogens (primary N) is 1. The summed E-state index contributed by atoms with van der Waals surface area (Å²) in [5.74, 6) is 3.03. The fraction of sp³-hybridized carbons (Fsp3) is 0.167. The molecular formula is C18H16F2N2O2. The molecule has 0 aliphatic carbocycles. The number of rotatable bonds is 4. The van der Waals surface area contributed by atoms with Crippen molar-refractivity contribution in [3.05, 3.63) is 65.2 Å². The minimum Gasteiger partial charge on any atom is -0.445 e. The van der Waals surface area contributed by atoms with E-state index in [1.165, 1.54) is 6.07 Å². The predicted octanol–water partition coefficient (Wildman–Crippen LogP) is 3.22. The highest BCUT2D eigenvalue weighted by molar-refractivity contribution is 5.67. The van der Waals surface area contributed by atoms with Crippen molar-refractivity contribution >= 4 is 11.8 Å². The van der Waals surface area contributed by atoms with Gasteiger partial charge in [0.25, 0.3) is 0 Å². The Morgan fingerprint density at radius 3 is 2.67 bits per heavy atom. The Labute approximate surface area is 138 Å². The Bertz CT molecular complexity index is 768. The zero-order chi connectivity index (χ0) is 17.4. The first-order chi connectivity index (χ1) is 11.6. The first-order valence-corrected chi connectivity index (χ1v) is 7.25. The lowest BCUT2D eigenvalue weighted by molar-refractivity contribution is 0.140. The highest BCUT2D eigenvalue weighted by atomic mass is 19.2. The number of hydrogen-bond donors (Lipinski definition) is 2. The van der Waals surface area contributed by atoms with Crippen molar-refractivity contribution in [2.24, 2.45) is 0 Å². The number of nitrogens with one attached hydrogen (secondary N) is 1. The van der Waals surface area contributed by atoms with E-state index >= 15 is 0 Å². The zero-order valence-corrected chi connectivity index (χ0v) is 12.8. The number of ether oxygens (including phenoxy) is 1. The van der Waals surface area contributed by atoms with Gasteiger partial charge in [-0.05, 0) is 17.7 Å². The van der Waals surface area contributed by atoms with Gasteiger partial charge in [0, 0.05) is 13.0 Å². The SMILES string of the molecule is Nc1ccc(F)c(F)c1C#CCCNC(=O)OCc1ccccc1. The lowest BCUT2D eigenvalue weighted by Gasteiger charge is -2.05. The van der Waals surface area contributed by atoms with E-state index < -0.39 is 17.7 Å². The van der Waals surface area contributed by atoms with Gasteiger partial charge in [-0.15, -0.1) is 0 Å². The van der Waals surface area contributed by atoms with Gasteiger partial charge in [-0.1, -0.05) is 42.2 Å². The van der Waals surface area contributed by atoms with Gasteiger partial charge < -0.3 is 15.8 Å². The van der Waals surface area contributed by atoms with Crippen LogP contribution in [0.1, 0.15) is 17.5 Å². The summed E-state index contributed by atoms with van der Waals surface area (Å²) in [5, 5.41) is 2.52. The second kappa shape index (κ2) is 8.53. The highest BCUT2D eigenvalue weighted by Gasteiger charge is 2.09. The summed E-state index contributed by atoms with van der Waals surface area (Å²) >= 11 is 0. The Kier molecular flexibility index (Phi) is 6.15. The molecule has 0 aliphatic heterocycles. The van der Waals surface area contributed by atoms with Gasteiger partial charge in [-0.2, -0.15) is 0 Å². The molecule has 0 saturated heterocycles. The maximum Gasteiger partial charge on any atom is 0.407 e. The third-order valence-electron chi connectivity index (χ3n) is 3.07. The van der Waals surface area contributed by atoms with Crippen LogP contribution in [0.2, 0.25) is 0 Å². The molecule has 124 valence electrons. The van der Waals surface area contributed by atoms with E-state index in [1.54, 1.807) is 0 Å². The monoisotopic (exact) mass is 330 g/mol. The van der Waals surface area contributed by atoms with Gasteiger partial charge in [0.1, 0.15) is 6.61 Å². The van der Waals surface area contributed by atoms with Crippen molar-refractivity contribution in [1.82, 2.24) is 5.32 Å². The standard InChI is InChI=1S/C18H16F2N2O2/c19-15-9-10-16(21)14(17(15)20)8-4-5-11-22-18(23)24-12-13-6-2-1-3-7-13/h1-3,6-7,9-10H,5,11-12,21H2,(H,22,23). The van der Waals surface area contributed by atoms with Crippen molar-refractivity contribution in [2.45, 2.75) is 13.0 Å². The summed E-state index contributed by atoms with van der Waals surface area (Å²) in [6.07, 6.45) is -0.326. The van der Waals surface area contributed by atoms with Crippen molar-refractivity contribution < 1.29 is 18.3 Å². The normalized spacial score (nSPS) is 9.75. The topological polar surface area (TPSA) is 64.3 Å². The summed E-state index contributed by atoms with van der Waals surface area (Å²) in [4.78, 5) is 11.5. The van der Waals surface area contributed by atoms with Crippen LogP contribution in [0.25, 0.3) is 0 Å². The van der Waals surface area contributed by atoms with Gasteiger partial charge in [0.15, 0.2) is 11.6 Å². The second-order valence-corrected chi connectivity index (χ2v) is 4.87. The molecule has 2 aromatic rings. The van der Waals surface area contributed by atoms with Crippen LogP contribution in [-0.2, 0) is 11.3 Å². The number of benzene rings is 2. The van der Waals surface area contributed by atoms with E-state index in [0.29, 0.717) is 0 Å². The average molecular weight is 330 g/mol. The van der Waals surface area contributed by atoms with E-state index in [1.807, 2.05) is 30.3 Å². The van der Waals surface area contributed by atoms with E-state index in [0.717, 1.165) is 11.6 Å². The van der Waals surface area contributed by atoms with E-state index in [4.69, 9.17) is 10.5 Å². The Morgan fingerprint density at radius 2 is 1.92 bits per heavy atom. The van der Waals surface area contributed by atoms with Crippen molar-refractivity contribution in [2.75, 3.05) is 12.3 Å². The van der Waals surface area contributed by atoms with Gasteiger partial charge in [0.05, 0.1) is 11.3 Å². The molecule has 2 rings (SSSR count). The van der Waals surface area contributed by atoms with Gasteiger partial charge in [-0.25, -0.2) is 13.6 Å². The molecule has 0 fully saturated rings. The number of carbonyl (C=O) groups is 1. The zero-order valence-electron chi connectivity index (χ0n) is 12.8. The molecule has 0 radical (unpaired) electrons. The van der Waals surface area contributed by atoms with Crippen LogP contribution in [0.3, 0.4) is 0 Å². The summed E-state index contributed by atoms with van der Waals surface area (Å²) in [5.41, 5.74) is 6.32. The van der Waals surface area contributed by atoms with Gasteiger partial charge >= 0.3 is 6.09 Å². The fourth-order valence-corrected chi connectivity index (χ4v) is 1.84. The fourth-order valence-electron chi connectivity index (χ4n) is 1.84. The lowest BCUT2D eigenvalue weighted by Crippen LogP contribution is -2.24. The molecule has 6 heteroatoms. The first kappa shape index (κ1) is 17.3. The van der Waals surface area contributed by atoms with Crippen LogP contribution in [-0.4, -0.2) is 12.6 Å². The number of alkyl carbamates (subject to hydrolysis) is 1. The number of hydrogen-bond acceptors (Lipinski definition) is 3. The molecule has 0 heterocycles. The Morgan fingerprint density at radius 1 is 1.17 bits per heavy atom. The molecule has 24 heavy (non-hydrogen) atoms. The molecule has 3 N–H and O–H groups in total. The summed E-state index contributed by atoms with van der Waals surface area (Å²) in [6, 6.07) is 11.5. The molecule has 1 amide bonds. The molecular weight excluding hydrogens is 314 g/mol. The van der Waals surface area contributed by atoms with Crippen molar-refractivity contribution in [1.29, 1.82) is 0 Å². The molecule has 0 atom stereocenters. The van der Waals surface area contributed by atoms with Crippen molar-refractivity contribution in [3.63, 3.8) is 0 Å². The maximum atomic E-state index is 13.5. The largest absolute Gasteiger partial charge is 0.445 e. The van der Waals surface area contributed by atoms with Crippen LogP contribution in [0, 0.1) is 23.5 Å². The van der Waals surface area contributed by atoms with E-state index in [9.17, 15) is 13.6 Å². The average Bonchev–Trinajstić information content (AvgIpc) is 2.60. The van der Waals surface area contributed by atoms with Crippen LogP contribution in [0.4, 0.5) is 19.3 Å². The smallest absolute Gasteiger partial charge is 0.407 e. The van der Waals surface area contributed by atoms with Crippen LogP contribution in [0.5, 0.6) is 0 Å². The van der Waals surface area contributed by atoms with E-state index in [2.05, 4.69) is 17.2 Å². The molecule has 4 nitrogen and oxygen atoms in total. The first-order valence-electron chi connectivity index (χ1n) is 7.25. The number of halogens is 2. The Balaban J connectivity index is 1.76. The second-order valence-electron chi connectivity index (χ2n) is 4.87. The van der Waals surface area contributed by atoms with Crippen LogP contribution >= 0.6 is 0 Å². The summed E-state index contributed by atoms with van der Waals surface area (Å²) in [6.45, 7) is 0.390. The molecule has 2 aromatic carbocycles. The molecule has 0 spiro atoms. The maximum absolute atomic E-state index is 13.5. The van der Waals surface area contributed by atoms with Gasteiger partial charge in [0.2, 0.25) is 0 Å². The Hall–Kier alpha value is -3.07. The van der Waals surface area contributed by atoms with Crippen LogP contribution in [0.15, 0.2) is 42.5 Å². The molecule has 0 unspecified atom stereocenters. The van der Waals surface area contributed by atoms with E-state index in [-0.39, 0.29) is 30.8 Å². The predicted molar refractivity (Wildman–Crippen MR) is 86.9 cm³/mol. The molecule has 0 bridgehead atoms. The van der Waals surface area contributed by atoms with Gasteiger partial charge in [-0.3, -0.25) is 0 Å². The summed E-state index contributed by atoms with van der Waals surface area (Å²) in [7, 11) is 0. The lowest BCUT2D eigenvalue weighted by atomic mass is 10.1. The highest BCUT2D eigenvalue weighted by Crippen LogP contribution is 2.17. The minimum absolute atomic E-state index is 0.0663. The number of carbonyl (C=O) groups excluding carboxylic acids is 1. The number of anilines is 1. The summed E-state index contributed by atoms with van der Waals surface area (Å²) < 4.78 is 31.6. The van der Waals surface area contributed by atoms with Crippen molar-refractivity contribution in [3.8, 4) is 11.8 Å². The minimum atomic E-state index is -1.07. The number of nitrogen functional groups attached to an aromatic ring is 1. The number of amides is 1. The van der Waals surface area contributed by atoms with Crippen LogP contribution < -0.4 is 11.1 Å². The quantitative estimate of drug-likeness (QED) is 0.514. The third-order valence-corrected chi connectivity index (χ3v) is 3.07. The molecule has 0 aliphatic rings. The third kappa shape index (κ3) is 4.99.